The Morgan fingerprint density at radius 2 is 2.28 bits per heavy atom. The van der Waals surface area contributed by atoms with Crippen molar-refractivity contribution in [2.45, 2.75) is 13.5 Å². The van der Waals surface area contributed by atoms with Crippen LogP contribution in [0.15, 0.2) is 30.6 Å². The van der Waals surface area contributed by atoms with Crippen LogP contribution < -0.4 is 5.32 Å². The van der Waals surface area contributed by atoms with E-state index < -0.39 is 5.97 Å². The van der Waals surface area contributed by atoms with Crippen LogP contribution in [0.4, 0.5) is 5.69 Å². The molecule has 0 aliphatic heterocycles. The summed E-state index contributed by atoms with van der Waals surface area (Å²) in [5.74, 6) is -0.0109. The molecule has 1 aromatic carbocycles. The van der Waals surface area contributed by atoms with Crippen LogP contribution in [-0.4, -0.2) is 20.6 Å². The number of carboxylic acids is 1. The van der Waals surface area contributed by atoms with Crippen molar-refractivity contribution >= 4 is 11.7 Å². The molecular weight excluding hydrogens is 230 g/mol. The van der Waals surface area contributed by atoms with Gasteiger partial charge in [0.1, 0.15) is 5.82 Å². The minimum absolute atomic E-state index is 0.319. The number of nitrogens with zero attached hydrogens (tertiary/aromatic N) is 2. The molecule has 0 aliphatic rings. The SMILES string of the molecule is Cc1c(NCc2nccn2C)cccc1C(=O)O. The summed E-state index contributed by atoms with van der Waals surface area (Å²) in [5, 5.41) is 12.2. The molecule has 0 saturated heterocycles. The summed E-state index contributed by atoms with van der Waals surface area (Å²) < 4.78 is 1.92. The predicted octanol–water partition coefficient (Wildman–Crippen LogP) is 2.04. The molecule has 2 N–H and O–H groups in total. The fourth-order valence-electron chi connectivity index (χ4n) is 1.80. The van der Waals surface area contributed by atoms with Crippen LogP contribution >= 0.6 is 0 Å². The van der Waals surface area contributed by atoms with Crippen molar-refractivity contribution in [2.75, 3.05) is 5.32 Å². The normalized spacial score (nSPS) is 10.3. The third-order valence-electron chi connectivity index (χ3n) is 2.92. The molecule has 0 saturated carbocycles. The van der Waals surface area contributed by atoms with Gasteiger partial charge in [-0.15, -0.1) is 0 Å². The fraction of sp³-hybridized carbons (Fsp3) is 0.231. The van der Waals surface area contributed by atoms with Gasteiger partial charge in [0.05, 0.1) is 12.1 Å². The number of imidazole rings is 1. The van der Waals surface area contributed by atoms with Crippen LogP contribution in [0.2, 0.25) is 0 Å². The molecule has 5 nitrogen and oxygen atoms in total. The van der Waals surface area contributed by atoms with E-state index >= 15 is 0 Å². The van der Waals surface area contributed by atoms with E-state index in [1.54, 1.807) is 25.3 Å². The average molecular weight is 245 g/mol. The van der Waals surface area contributed by atoms with Crippen molar-refractivity contribution in [3.63, 3.8) is 0 Å². The first-order valence-corrected chi connectivity index (χ1v) is 5.62. The lowest BCUT2D eigenvalue weighted by molar-refractivity contribution is 0.0696. The summed E-state index contributed by atoms with van der Waals surface area (Å²) >= 11 is 0. The van der Waals surface area contributed by atoms with E-state index in [0.29, 0.717) is 12.1 Å². The first-order valence-electron chi connectivity index (χ1n) is 5.62. The molecule has 1 heterocycles. The van der Waals surface area contributed by atoms with E-state index in [9.17, 15) is 4.79 Å². The second-order valence-corrected chi connectivity index (χ2v) is 4.09. The molecular formula is C13H15N3O2. The monoisotopic (exact) mass is 245 g/mol. The smallest absolute Gasteiger partial charge is 0.336 e. The molecule has 0 spiro atoms. The van der Waals surface area contributed by atoms with Gasteiger partial charge in [0.15, 0.2) is 0 Å². The predicted molar refractivity (Wildman–Crippen MR) is 68.7 cm³/mol. The second kappa shape index (κ2) is 4.91. The van der Waals surface area contributed by atoms with Crippen molar-refractivity contribution < 1.29 is 9.90 Å². The number of hydrogen-bond donors (Lipinski definition) is 2. The van der Waals surface area contributed by atoms with Crippen molar-refractivity contribution in [2.24, 2.45) is 7.05 Å². The molecule has 0 amide bonds. The molecule has 2 aromatic rings. The fourth-order valence-corrected chi connectivity index (χ4v) is 1.80. The topological polar surface area (TPSA) is 67.2 Å². The lowest BCUT2D eigenvalue weighted by atomic mass is 10.1. The standard InChI is InChI=1S/C13H15N3O2/c1-9-10(13(17)18)4-3-5-11(9)15-8-12-14-6-7-16(12)2/h3-7,15H,8H2,1-2H3,(H,17,18). The van der Waals surface area contributed by atoms with Gasteiger partial charge in [0.25, 0.3) is 0 Å². The molecule has 2 rings (SSSR count). The second-order valence-electron chi connectivity index (χ2n) is 4.09. The van der Waals surface area contributed by atoms with Gasteiger partial charge >= 0.3 is 5.97 Å². The maximum absolute atomic E-state index is 11.0. The highest BCUT2D eigenvalue weighted by molar-refractivity contribution is 5.91. The molecule has 1 aromatic heterocycles. The van der Waals surface area contributed by atoms with Crippen LogP contribution in [0.5, 0.6) is 0 Å². The maximum atomic E-state index is 11.0. The van der Waals surface area contributed by atoms with E-state index in [1.165, 1.54) is 0 Å². The Labute approximate surface area is 105 Å². The summed E-state index contributed by atoms with van der Waals surface area (Å²) in [6, 6.07) is 5.20. The summed E-state index contributed by atoms with van der Waals surface area (Å²) in [5.41, 5.74) is 1.87. The highest BCUT2D eigenvalue weighted by atomic mass is 16.4. The lowest BCUT2D eigenvalue weighted by Gasteiger charge is -2.11. The molecule has 5 heteroatoms. The Kier molecular flexibility index (Phi) is 3.32. The van der Waals surface area contributed by atoms with Crippen LogP contribution in [0.1, 0.15) is 21.7 Å². The van der Waals surface area contributed by atoms with Gasteiger partial charge in [-0.3, -0.25) is 0 Å². The molecule has 0 fully saturated rings. The van der Waals surface area contributed by atoms with Crippen molar-refractivity contribution in [3.8, 4) is 0 Å². The van der Waals surface area contributed by atoms with Gasteiger partial charge in [-0.25, -0.2) is 9.78 Å². The lowest BCUT2D eigenvalue weighted by Crippen LogP contribution is -2.08. The number of rotatable bonds is 4. The first kappa shape index (κ1) is 12.2. The summed E-state index contributed by atoms with van der Waals surface area (Å²) in [4.78, 5) is 15.2. The Bertz CT molecular complexity index is 575. The number of benzene rings is 1. The van der Waals surface area contributed by atoms with E-state index in [0.717, 1.165) is 17.1 Å². The van der Waals surface area contributed by atoms with Gasteiger partial charge in [0, 0.05) is 25.1 Å². The van der Waals surface area contributed by atoms with Crippen molar-refractivity contribution in [1.82, 2.24) is 9.55 Å². The van der Waals surface area contributed by atoms with Gasteiger partial charge < -0.3 is 15.0 Å². The highest BCUT2D eigenvalue weighted by Gasteiger charge is 2.10. The zero-order chi connectivity index (χ0) is 13.1. The summed E-state index contributed by atoms with van der Waals surface area (Å²) in [7, 11) is 1.92. The zero-order valence-electron chi connectivity index (χ0n) is 10.3. The number of nitrogens with one attached hydrogen (secondary N) is 1. The zero-order valence-corrected chi connectivity index (χ0v) is 10.3. The highest BCUT2D eigenvalue weighted by Crippen LogP contribution is 2.19. The number of aromatic carboxylic acids is 1. The minimum Gasteiger partial charge on any atom is -0.478 e. The Morgan fingerprint density at radius 1 is 1.50 bits per heavy atom. The van der Waals surface area contributed by atoms with E-state index in [2.05, 4.69) is 10.3 Å². The third kappa shape index (κ3) is 2.34. The number of anilines is 1. The van der Waals surface area contributed by atoms with E-state index in [4.69, 9.17) is 5.11 Å². The Hall–Kier alpha value is -2.30. The minimum atomic E-state index is -0.909. The van der Waals surface area contributed by atoms with Crippen molar-refractivity contribution in [3.05, 3.63) is 47.5 Å². The van der Waals surface area contributed by atoms with Gasteiger partial charge in [0.2, 0.25) is 0 Å². The van der Waals surface area contributed by atoms with Gasteiger partial charge in [-0.05, 0) is 24.6 Å². The number of aromatic nitrogens is 2. The molecule has 0 radical (unpaired) electrons. The molecule has 94 valence electrons. The third-order valence-corrected chi connectivity index (χ3v) is 2.92. The van der Waals surface area contributed by atoms with Crippen LogP contribution in [-0.2, 0) is 13.6 Å². The molecule has 0 unspecified atom stereocenters. The molecule has 0 aliphatic carbocycles. The largest absolute Gasteiger partial charge is 0.478 e. The number of carbonyl (C=O) groups is 1. The van der Waals surface area contributed by atoms with Crippen LogP contribution in [0, 0.1) is 6.92 Å². The quantitative estimate of drug-likeness (QED) is 0.865. The van der Waals surface area contributed by atoms with Crippen molar-refractivity contribution in [1.29, 1.82) is 0 Å². The average Bonchev–Trinajstić information content (AvgIpc) is 2.73. The van der Waals surface area contributed by atoms with E-state index in [1.807, 2.05) is 23.9 Å². The van der Waals surface area contributed by atoms with Crippen LogP contribution in [0.25, 0.3) is 0 Å². The van der Waals surface area contributed by atoms with Gasteiger partial charge in [-0.2, -0.15) is 0 Å². The Morgan fingerprint density at radius 3 is 2.89 bits per heavy atom. The molecule has 18 heavy (non-hydrogen) atoms. The molecule has 0 atom stereocenters. The maximum Gasteiger partial charge on any atom is 0.336 e. The van der Waals surface area contributed by atoms with E-state index in [-0.39, 0.29) is 0 Å². The molecule has 0 bridgehead atoms. The number of carboxylic acid groups (broad SMARTS) is 1. The summed E-state index contributed by atoms with van der Waals surface area (Å²) in [6.07, 6.45) is 3.61. The summed E-state index contributed by atoms with van der Waals surface area (Å²) in [6.45, 7) is 2.36. The number of hydrogen-bond acceptors (Lipinski definition) is 3. The first-order chi connectivity index (χ1) is 8.59. The Balaban J connectivity index is 2.17. The number of aryl methyl sites for hydroxylation is 1. The van der Waals surface area contributed by atoms with Crippen LogP contribution in [0.3, 0.4) is 0 Å². The van der Waals surface area contributed by atoms with Gasteiger partial charge in [-0.1, -0.05) is 6.07 Å².